The van der Waals surface area contributed by atoms with Crippen molar-refractivity contribution in [1.29, 1.82) is 0 Å². The third-order valence-electron chi connectivity index (χ3n) is 4.00. The van der Waals surface area contributed by atoms with Gasteiger partial charge in [-0.25, -0.2) is 0 Å². The van der Waals surface area contributed by atoms with Crippen LogP contribution in [0, 0.1) is 5.92 Å². The molecular weight excluding hydrogens is 200 g/mol. The standard InChI is InChI=1S/C14H20O2/c1-11(10-15)14(16)9-5-8-13(14)12-6-3-2-4-7-12/h2-4,6-7,11,13,15-16H,5,8-10H2,1H3. The Hall–Kier alpha value is -0.860. The highest BCUT2D eigenvalue weighted by Crippen LogP contribution is 2.46. The fourth-order valence-corrected chi connectivity index (χ4v) is 2.90. The van der Waals surface area contributed by atoms with E-state index in [9.17, 15) is 10.2 Å². The average molecular weight is 220 g/mol. The van der Waals surface area contributed by atoms with Gasteiger partial charge >= 0.3 is 0 Å². The quantitative estimate of drug-likeness (QED) is 0.820. The molecule has 0 heterocycles. The predicted octanol–water partition coefficient (Wildman–Crippen LogP) is 2.31. The fourth-order valence-electron chi connectivity index (χ4n) is 2.90. The number of benzene rings is 1. The van der Waals surface area contributed by atoms with Gasteiger partial charge in [0.15, 0.2) is 0 Å². The van der Waals surface area contributed by atoms with Crippen molar-refractivity contribution in [2.75, 3.05) is 6.61 Å². The second-order valence-electron chi connectivity index (χ2n) is 4.93. The van der Waals surface area contributed by atoms with E-state index < -0.39 is 5.60 Å². The van der Waals surface area contributed by atoms with Gasteiger partial charge in [-0.05, 0) is 24.8 Å². The summed E-state index contributed by atoms with van der Waals surface area (Å²) in [7, 11) is 0. The molecule has 2 rings (SSSR count). The van der Waals surface area contributed by atoms with Crippen LogP contribution in [-0.4, -0.2) is 22.4 Å². The van der Waals surface area contributed by atoms with Crippen molar-refractivity contribution in [1.82, 2.24) is 0 Å². The second kappa shape index (κ2) is 4.56. The van der Waals surface area contributed by atoms with Crippen LogP contribution in [0.5, 0.6) is 0 Å². The van der Waals surface area contributed by atoms with Gasteiger partial charge in [-0.3, -0.25) is 0 Å². The maximum Gasteiger partial charge on any atom is 0.0763 e. The topological polar surface area (TPSA) is 40.5 Å². The molecule has 1 aromatic rings. The average Bonchev–Trinajstić information content (AvgIpc) is 2.72. The van der Waals surface area contributed by atoms with Crippen molar-refractivity contribution in [3.8, 4) is 0 Å². The Balaban J connectivity index is 2.27. The number of hydrogen-bond donors (Lipinski definition) is 2. The summed E-state index contributed by atoms with van der Waals surface area (Å²) in [5.74, 6) is 0.121. The van der Waals surface area contributed by atoms with E-state index in [2.05, 4.69) is 12.1 Å². The lowest BCUT2D eigenvalue weighted by Gasteiger charge is -2.35. The Labute approximate surface area is 96.9 Å². The van der Waals surface area contributed by atoms with Gasteiger partial charge in [0.2, 0.25) is 0 Å². The Kier molecular flexibility index (Phi) is 3.31. The maximum atomic E-state index is 10.7. The Morgan fingerprint density at radius 3 is 2.69 bits per heavy atom. The Bertz CT molecular complexity index is 336. The summed E-state index contributed by atoms with van der Waals surface area (Å²) in [5.41, 5.74) is 0.471. The molecule has 16 heavy (non-hydrogen) atoms. The third kappa shape index (κ3) is 1.87. The minimum absolute atomic E-state index is 0.0554. The summed E-state index contributed by atoms with van der Waals surface area (Å²) in [5, 5.41) is 20.0. The highest BCUT2D eigenvalue weighted by atomic mass is 16.3. The predicted molar refractivity (Wildman–Crippen MR) is 64.2 cm³/mol. The van der Waals surface area contributed by atoms with Crippen LogP contribution in [-0.2, 0) is 0 Å². The molecule has 0 aromatic heterocycles. The molecule has 0 aliphatic heterocycles. The molecule has 2 heteroatoms. The molecular formula is C14H20O2. The lowest BCUT2D eigenvalue weighted by atomic mass is 9.77. The summed E-state index contributed by atoms with van der Waals surface area (Å²) < 4.78 is 0. The van der Waals surface area contributed by atoms with Gasteiger partial charge in [0.05, 0.1) is 5.60 Å². The van der Waals surface area contributed by atoms with E-state index in [1.807, 2.05) is 25.1 Å². The second-order valence-corrected chi connectivity index (χ2v) is 4.93. The maximum absolute atomic E-state index is 10.7. The van der Waals surface area contributed by atoms with Crippen molar-refractivity contribution in [3.05, 3.63) is 35.9 Å². The number of rotatable bonds is 3. The summed E-state index contributed by atoms with van der Waals surface area (Å²) in [6.07, 6.45) is 2.86. The van der Waals surface area contributed by atoms with Gasteiger partial charge in [0.1, 0.15) is 0 Å². The van der Waals surface area contributed by atoms with Crippen LogP contribution in [0.15, 0.2) is 30.3 Å². The van der Waals surface area contributed by atoms with Crippen LogP contribution in [0.1, 0.15) is 37.7 Å². The van der Waals surface area contributed by atoms with E-state index in [1.54, 1.807) is 0 Å². The molecule has 0 amide bonds. The van der Waals surface area contributed by atoms with E-state index in [4.69, 9.17) is 0 Å². The number of hydrogen-bond acceptors (Lipinski definition) is 2. The molecule has 0 radical (unpaired) electrons. The first-order valence-electron chi connectivity index (χ1n) is 6.06. The van der Waals surface area contributed by atoms with Gasteiger partial charge < -0.3 is 10.2 Å². The minimum Gasteiger partial charge on any atom is -0.396 e. The zero-order chi connectivity index (χ0) is 11.6. The lowest BCUT2D eigenvalue weighted by molar-refractivity contribution is -0.0402. The SMILES string of the molecule is CC(CO)C1(O)CCCC1c1ccccc1. The summed E-state index contributed by atoms with van der Waals surface area (Å²) in [6, 6.07) is 10.2. The fraction of sp³-hybridized carbons (Fsp3) is 0.571. The molecule has 3 atom stereocenters. The molecule has 0 spiro atoms. The minimum atomic E-state index is -0.726. The molecule has 1 aliphatic carbocycles. The largest absolute Gasteiger partial charge is 0.396 e. The van der Waals surface area contributed by atoms with Crippen LogP contribution in [0.25, 0.3) is 0 Å². The molecule has 3 unspecified atom stereocenters. The van der Waals surface area contributed by atoms with E-state index in [-0.39, 0.29) is 18.4 Å². The van der Waals surface area contributed by atoms with Crippen LogP contribution in [0.4, 0.5) is 0 Å². The van der Waals surface area contributed by atoms with Crippen molar-refractivity contribution in [2.24, 2.45) is 5.92 Å². The first-order chi connectivity index (χ1) is 7.68. The van der Waals surface area contributed by atoms with Crippen LogP contribution in [0.3, 0.4) is 0 Å². The van der Waals surface area contributed by atoms with E-state index >= 15 is 0 Å². The number of aliphatic hydroxyl groups is 2. The highest BCUT2D eigenvalue weighted by Gasteiger charge is 2.45. The first kappa shape index (κ1) is 11.6. The smallest absolute Gasteiger partial charge is 0.0763 e. The zero-order valence-corrected chi connectivity index (χ0v) is 9.76. The van der Waals surface area contributed by atoms with Gasteiger partial charge in [-0.15, -0.1) is 0 Å². The third-order valence-corrected chi connectivity index (χ3v) is 4.00. The molecule has 1 saturated carbocycles. The van der Waals surface area contributed by atoms with Crippen molar-refractivity contribution >= 4 is 0 Å². The molecule has 2 N–H and O–H groups in total. The molecule has 88 valence electrons. The molecule has 0 saturated heterocycles. The molecule has 1 aliphatic rings. The van der Waals surface area contributed by atoms with E-state index in [1.165, 1.54) is 5.56 Å². The molecule has 1 fully saturated rings. The zero-order valence-electron chi connectivity index (χ0n) is 9.76. The van der Waals surface area contributed by atoms with E-state index in [0.717, 1.165) is 19.3 Å². The van der Waals surface area contributed by atoms with Crippen molar-refractivity contribution in [3.63, 3.8) is 0 Å². The molecule has 0 bridgehead atoms. The van der Waals surface area contributed by atoms with Crippen molar-refractivity contribution in [2.45, 2.75) is 37.7 Å². The molecule has 1 aromatic carbocycles. The van der Waals surface area contributed by atoms with Gasteiger partial charge in [-0.1, -0.05) is 37.3 Å². The van der Waals surface area contributed by atoms with E-state index in [0.29, 0.717) is 0 Å². The first-order valence-corrected chi connectivity index (χ1v) is 6.06. The van der Waals surface area contributed by atoms with Crippen LogP contribution < -0.4 is 0 Å². The normalized spacial score (nSPS) is 31.6. The van der Waals surface area contributed by atoms with Gasteiger partial charge in [0.25, 0.3) is 0 Å². The Morgan fingerprint density at radius 2 is 2.06 bits per heavy atom. The van der Waals surface area contributed by atoms with Gasteiger partial charge in [0, 0.05) is 18.4 Å². The highest BCUT2D eigenvalue weighted by molar-refractivity contribution is 5.25. The number of aliphatic hydroxyl groups excluding tert-OH is 1. The summed E-state index contributed by atoms with van der Waals surface area (Å²) >= 11 is 0. The summed E-state index contributed by atoms with van der Waals surface area (Å²) in [6.45, 7) is 1.99. The summed E-state index contributed by atoms with van der Waals surface area (Å²) in [4.78, 5) is 0. The Morgan fingerprint density at radius 1 is 1.38 bits per heavy atom. The molecule has 2 nitrogen and oxygen atoms in total. The monoisotopic (exact) mass is 220 g/mol. The lowest BCUT2D eigenvalue weighted by Crippen LogP contribution is -2.40. The van der Waals surface area contributed by atoms with Crippen LogP contribution in [0.2, 0.25) is 0 Å². The van der Waals surface area contributed by atoms with Crippen molar-refractivity contribution < 1.29 is 10.2 Å². The van der Waals surface area contributed by atoms with Gasteiger partial charge in [-0.2, -0.15) is 0 Å². The van der Waals surface area contributed by atoms with Crippen LogP contribution >= 0.6 is 0 Å².